The first-order valence-corrected chi connectivity index (χ1v) is 4.73. The van der Waals surface area contributed by atoms with Gasteiger partial charge in [0.1, 0.15) is 11.9 Å². The van der Waals surface area contributed by atoms with Gasteiger partial charge in [0.25, 0.3) is 0 Å². The van der Waals surface area contributed by atoms with Crippen LogP contribution >= 0.6 is 11.9 Å². The normalized spacial score (nSPS) is 7.50. The predicted molar refractivity (Wildman–Crippen MR) is 59.6 cm³/mol. The summed E-state index contributed by atoms with van der Waals surface area (Å²) in [6, 6.07) is 0. The Labute approximate surface area is 99.0 Å². The molecule has 16 heavy (non-hydrogen) atoms. The molecule has 0 aliphatic rings. The van der Waals surface area contributed by atoms with Crippen molar-refractivity contribution >= 4 is 24.2 Å². The second-order valence-corrected chi connectivity index (χ2v) is 2.20. The Balaban J connectivity index is 0. The summed E-state index contributed by atoms with van der Waals surface area (Å²) >= 11 is 4.81. The van der Waals surface area contributed by atoms with Gasteiger partial charge in [-0.25, -0.2) is 9.78 Å². The lowest BCUT2D eigenvalue weighted by atomic mass is 10.4. The standard InChI is InChI=1S/C6H5ClN2O2.C2H6.CH3NO/c1-4-2-9-5(3-8-4)6(10)11-7;1-2;2-1-3/h2-3H,1H3;1-2H3;1H,(H2,2,3). The Morgan fingerprint density at radius 3 is 2.25 bits per heavy atom. The number of hydrogen-bond acceptors (Lipinski definition) is 5. The Morgan fingerprint density at radius 1 is 1.44 bits per heavy atom. The number of amides is 1. The Morgan fingerprint density at radius 2 is 1.94 bits per heavy atom. The van der Waals surface area contributed by atoms with E-state index in [0.29, 0.717) is 0 Å². The van der Waals surface area contributed by atoms with Gasteiger partial charge in [0, 0.05) is 6.20 Å². The van der Waals surface area contributed by atoms with Gasteiger partial charge in [-0.3, -0.25) is 9.78 Å². The van der Waals surface area contributed by atoms with Crippen LogP contribution in [0.1, 0.15) is 30.0 Å². The third kappa shape index (κ3) is 7.69. The molecule has 0 spiro atoms. The van der Waals surface area contributed by atoms with Crippen molar-refractivity contribution in [2.45, 2.75) is 20.8 Å². The quantitative estimate of drug-likeness (QED) is 0.753. The van der Waals surface area contributed by atoms with Crippen LogP contribution in [-0.2, 0) is 9.08 Å². The van der Waals surface area contributed by atoms with E-state index in [1.54, 1.807) is 6.92 Å². The molecular formula is C9H14ClN3O3. The summed E-state index contributed by atoms with van der Waals surface area (Å²) in [5.74, 6) is -0.695. The van der Waals surface area contributed by atoms with Gasteiger partial charge in [0.05, 0.1) is 11.9 Å². The van der Waals surface area contributed by atoms with Crippen molar-refractivity contribution in [3.63, 3.8) is 0 Å². The van der Waals surface area contributed by atoms with Crippen molar-refractivity contribution in [2.75, 3.05) is 0 Å². The van der Waals surface area contributed by atoms with Crippen molar-refractivity contribution < 1.29 is 13.9 Å². The lowest BCUT2D eigenvalue weighted by Crippen LogP contribution is -2.02. The highest BCUT2D eigenvalue weighted by Crippen LogP contribution is 1.97. The number of rotatable bonds is 1. The number of carbonyl (C=O) groups excluding carboxylic acids is 2. The molecule has 2 N–H and O–H groups in total. The molecule has 1 amide bonds. The van der Waals surface area contributed by atoms with E-state index >= 15 is 0 Å². The van der Waals surface area contributed by atoms with Crippen LogP contribution in [-0.4, -0.2) is 22.3 Å². The second kappa shape index (κ2) is 11.4. The fraction of sp³-hybridized carbons (Fsp3) is 0.333. The van der Waals surface area contributed by atoms with Gasteiger partial charge in [0.15, 0.2) is 5.69 Å². The number of nitrogens with two attached hydrogens (primary N) is 1. The van der Waals surface area contributed by atoms with Crippen molar-refractivity contribution in [1.29, 1.82) is 0 Å². The van der Waals surface area contributed by atoms with Crippen LogP contribution in [0, 0.1) is 6.92 Å². The number of halogens is 1. The van der Waals surface area contributed by atoms with Gasteiger partial charge >= 0.3 is 5.97 Å². The lowest BCUT2D eigenvalue weighted by molar-refractivity contribution is -0.106. The number of carbonyl (C=O) groups is 2. The van der Waals surface area contributed by atoms with E-state index in [9.17, 15) is 4.79 Å². The molecule has 0 saturated heterocycles. The van der Waals surface area contributed by atoms with Crippen molar-refractivity contribution in [1.82, 2.24) is 9.97 Å². The van der Waals surface area contributed by atoms with Crippen molar-refractivity contribution in [3.05, 3.63) is 23.8 Å². The molecule has 0 fully saturated rings. The summed E-state index contributed by atoms with van der Waals surface area (Å²) in [5, 5.41) is 0. The van der Waals surface area contributed by atoms with E-state index in [4.69, 9.17) is 16.7 Å². The number of aromatic nitrogens is 2. The summed E-state index contributed by atoms with van der Waals surface area (Å²) in [6.07, 6.45) is 3.02. The summed E-state index contributed by atoms with van der Waals surface area (Å²) in [5.41, 5.74) is 5.00. The Bertz CT molecular complexity index is 303. The molecule has 0 atom stereocenters. The van der Waals surface area contributed by atoms with Crippen molar-refractivity contribution in [3.8, 4) is 0 Å². The molecule has 1 aromatic rings. The zero-order chi connectivity index (χ0) is 13.0. The van der Waals surface area contributed by atoms with Crippen molar-refractivity contribution in [2.24, 2.45) is 5.73 Å². The number of aryl methyl sites for hydroxylation is 1. The van der Waals surface area contributed by atoms with E-state index in [-0.39, 0.29) is 12.1 Å². The molecular weight excluding hydrogens is 234 g/mol. The molecule has 6 nitrogen and oxygen atoms in total. The van der Waals surface area contributed by atoms with Gasteiger partial charge in [-0.1, -0.05) is 13.8 Å². The van der Waals surface area contributed by atoms with Gasteiger partial charge in [-0.15, -0.1) is 0 Å². The smallest absolute Gasteiger partial charge is 0.372 e. The Hall–Kier alpha value is -1.69. The van der Waals surface area contributed by atoms with Crippen LogP contribution in [0.15, 0.2) is 12.4 Å². The zero-order valence-corrected chi connectivity index (χ0v) is 10.1. The molecule has 0 unspecified atom stereocenters. The fourth-order valence-electron chi connectivity index (χ4n) is 0.538. The van der Waals surface area contributed by atoms with E-state index in [0.717, 1.165) is 5.69 Å². The molecule has 0 aromatic carbocycles. The minimum absolute atomic E-state index is 0.102. The van der Waals surface area contributed by atoms with Crippen LogP contribution in [0.4, 0.5) is 0 Å². The first-order valence-electron chi connectivity index (χ1n) is 4.42. The average molecular weight is 248 g/mol. The average Bonchev–Trinajstić information content (AvgIpc) is 2.33. The fourth-order valence-corrected chi connectivity index (χ4v) is 0.617. The minimum Gasteiger partial charge on any atom is -0.372 e. The van der Waals surface area contributed by atoms with E-state index in [2.05, 4.69) is 20.0 Å². The van der Waals surface area contributed by atoms with E-state index in [1.165, 1.54) is 12.4 Å². The highest BCUT2D eigenvalue weighted by Gasteiger charge is 2.06. The first-order chi connectivity index (χ1) is 7.65. The molecule has 1 rings (SSSR count). The number of nitrogens with zero attached hydrogens (tertiary/aromatic N) is 2. The first kappa shape index (κ1) is 16.7. The summed E-state index contributed by atoms with van der Waals surface area (Å²) < 4.78 is 3.91. The number of hydrogen-bond donors (Lipinski definition) is 1. The van der Waals surface area contributed by atoms with E-state index < -0.39 is 5.97 Å². The third-order valence-electron chi connectivity index (χ3n) is 1.06. The molecule has 0 aliphatic heterocycles. The SMILES string of the molecule is CC.Cc1cnc(C(=O)OCl)cn1.NC=O. The molecule has 0 radical (unpaired) electrons. The van der Waals surface area contributed by atoms with Crippen LogP contribution in [0.5, 0.6) is 0 Å². The topological polar surface area (TPSA) is 95.2 Å². The van der Waals surface area contributed by atoms with E-state index in [1.807, 2.05) is 13.8 Å². The van der Waals surface area contributed by atoms with Gasteiger partial charge in [-0.05, 0) is 6.92 Å². The molecule has 90 valence electrons. The summed E-state index contributed by atoms with van der Waals surface area (Å²) in [6.45, 7) is 5.77. The maximum atomic E-state index is 10.7. The Kier molecular flexibility index (Phi) is 11.9. The van der Waals surface area contributed by atoms with Gasteiger partial charge in [-0.2, -0.15) is 0 Å². The molecule has 1 aromatic heterocycles. The minimum atomic E-state index is -0.695. The van der Waals surface area contributed by atoms with Gasteiger partial charge in [0.2, 0.25) is 6.41 Å². The molecule has 1 heterocycles. The van der Waals surface area contributed by atoms with Gasteiger partial charge < -0.3 is 10.0 Å². The number of primary amides is 1. The third-order valence-corrected chi connectivity index (χ3v) is 1.20. The van der Waals surface area contributed by atoms with Crippen LogP contribution in [0.25, 0.3) is 0 Å². The summed E-state index contributed by atoms with van der Waals surface area (Å²) in [4.78, 5) is 26.8. The zero-order valence-electron chi connectivity index (χ0n) is 9.31. The maximum absolute atomic E-state index is 10.7. The molecule has 7 heteroatoms. The second-order valence-electron chi connectivity index (χ2n) is 2.04. The van der Waals surface area contributed by atoms with Crippen LogP contribution in [0.2, 0.25) is 0 Å². The monoisotopic (exact) mass is 247 g/mol. The highest BCUT2D eigenvalue weighted by atomic mass is 35.5. The largest absolute Gasteiger partial charge is 0.376 e. The highest BCUT2D eigenvalue weighted by molar-refractivity contribution is 6.15. The summed E-state index contributed by atoms with van der Waals surface area (Å²) in [7, 11) is 0. The maximum Gasteiger partial charge on any atom is 0.376 e. The van der Waals surface area contributed by atoms with Crippen LogP contribution < -0.4 is 5.73 Å². The lowest BCUT2D eigenvalue weighted by Gasteiger charge is -1.93. The molecule has 0 aliphatic carbocycles. The molecule has 0 bridgehead atoms. The molecule has 0 saturated carbocycles. The van der Waals surface area contributed by atoms with Crippen LogP contribution in [0.3, 0.4) is 0 Å². The predicted octanol–water partition coefficient (Wildman–Crippen LogP) is 1.22.